The maximum Gasteiger partial charge on any atom is 0.313 e. The number of ketones is 1. The Morgan fingerprint density at radius 3 is 2.46 bits per heavy atom. The first-order valence-electron chi connectivity index (χ1n) is 4.17. The van der Waals surface area contributed by atoms with E-state index in [1.807, 2.05) is 0 Å². The third-order valence-corrected chi connectivity index (χ3v) is 1.14. The summed E-state index contributed by atoms with van der Waals surface area (Å²) in [7, 11) is 0. The fraction of sp³-hybridized carbons (Fsp3) is 0.556. The van der Waals surface area contributed by atoms with Crippen molar-refractivity contribution < 1.29 is 19.1 Å². The molecule has 0 bridgehead atoms. The van der Waals surface area contributed by atoms with Crippen LogP contribution >= 0.6 is 0 Å². The van der Waals surface area contributed by atoms with Gasteiger partial charge in [-0.25, -0.2) is 0 Å². The van der Waals surface area contributed by atoms with Crippen LogP contribution in [0.3, 0.4) is 0 Å². The number of carbonyl (C=O) groups excluding carboxylic acids is 2. The van der Waals surface area contributed by atoms with E-state index >= 15 is 0 Å². The molecule has 74 valence electrons. The molecule has 4 nitrogen and oxygen atoms in total. The monoisotopic (exact) mass is 186 g/mol. The Balaban J connectivity index is 3.67. The Morgan fingerprint density at radius 2 is 1.92 bits per heavy atom. The molecule has 0 spiro atoms. The van der Waals surface area contributed by atoms with Crippen molar-refractivity contribution in [3.05, 3.63) is 12.3 Å². The van der Waals surface area contributed by atoms with Gasteiger partial charge in [0.2, 0.25) is 0 Å². The molecule has 0 aliphatic rings. The van der Waals surface area contributed by atoms with Gasteiger partial charge in [0.1, 0.15) is 6.42 Å². The van der Waals surface area contributed by atoms with Crippen LogP contribution in [0, 0.1) is 0 Å². The minimum atomic E-state index is -0.506. The first-order valence-corrected chi connectivity index (χ1v) is 4.17. The first-order chi connectivity index (χ1) is 6.20. The van der Waals surface area contributed by atoms with E-state index in [4.69, 9.17) is 4.74 Å². The second-order valence-electron chi connectivity index (χ2n) is 2.21. The van der Waals surface area contributed by atoms with Gasteiger partial charge in [0.05, 0.1) is 19.5 Å². The number of allylic oxidation sites excluding steroid dienone is 1. The Labute approximate surface area is 77.5 Å². The van der Waals surface area contributed by atoms with Crippen molar-refractivity contribution in [1.29, 1.82) is 0 Å². The second kappa shape index (κ2) is 7.34. The predicted octanol–water partition coefficient (Wildman–Crippen LogP) is 1.06. The van der Waals surface area contributed by atoms with Crippen molar-refractivity contribution in [2.24, 2.45) is 0 Å². The van der Waals surface area contributed by atoms with Crippen LogP contribution in [0.25, 0.3) is 0 Å². The van der Waals surface area contributed by atoms with E-state index in [9.17, 15) is 9.59 Å². The average molecular weight is 186 g/mol. The third kappa shape index (κ3) is 7.05. The summed E-state index contributed by atoms with van der Waals surface area (Å²) in [5.74, 6) is -0.819. The van der Waals surface area contributed by atoms with Crippen LogP contribution in [0.5, 0.6) is 0 Å². The lowest BCUT2D eigenvalue weighted by Gasteiger charge is -1.97. The third-order valence-electron chi connectivity index (χ3n) is 1.14. The zero-order valence-corrected chi connectivity index (χ0v) is 7.91. The largest absolute Gasteiger partial charge is 0.501 e. The molecule has 4 heteroatoms. The highest BCUT2D eigenvalue weighted by atomic mass is 16.5. The van der Waals surface area contributed by atoms with Crippen molar-refractivity contribution in [2.45, 2.75) is 20.3 Å². The second-order valence-corrected chi connectivity index (χ2v) is 2.21. The van der Waals surface area contributed by atoms with Gasteiger partial charge < -0.3 is 9.47 Å². The van der Waals surface area contributed by atoms with Crippen LogP contribution in [-0.4, -0.2) is 25.0 Å². The van der Waals surface area contributed by atoms with Crippen molar-refractivity contribution in [3.8, 4) is 0 Å². The molecule has 0 aliphatic heterocycles. The molecule has 0 atom stereocenters. The van der Waals surface area contributed by atoms with Crippen molar-refractivity contribution in [1.82, 2.24) is 0 Å². The summed E-state index contributed by atoms with van der Waals surface area (Å²) < 4.78 is 9.38. The van der Waals surface area contributed by atoms with Gasteiger partial charge in [-0.1, -0.05) is 0 Å². The van der Waals surface area contributed by atoms with Gasteiger partial charge in [0.15, 0.2) is 5.78 Å². The summed E-state index contributed by atoms with van der Waals surface area (Å²) >= 11 is 0. The standard InChI is InChI=1S/C9H14O4/c1-3-12-6-5-8(10)7-9(11)13-4-2/h5-6H,3-4,7H2,1-2H3/b6-5-. The maximum atomic E-state index is 10.9. The molecule has 0 N–H and O–H groups in total. The van der Waals surface area contributed by atoms with Gasteiger partial charge in [0.25, 0.3) is 0 Å². The molecule has 0 aromatic heterocycles. The number of rotatable bonds is 6. The molecule has 0 fully saturated rings. The highest BCUT2D eigenvalue weighted by Gasteiger charge is 2.06. The molecule has 0 unspecified atom stereocenters. The normalized spacial score (nSPS) is 10.0. The zero-order valence-electron chi connectivity index (χ0n) is 7.91. The molecule has 0 rings (SSSR count). The number of carbonyl (C=O) groups is 2. The topological polar surface area (TPSA) is 52.6 Å². The number of hydrogen-bond donors (Lipinski definition) is 0. The van der Waals surface area contributed by atoms with Gasteiger partial charge in [-0.2, -0.15) is 0 Å². The lowest BCUT2D eigenvalue weighted by molar-refractivity contribution is -0.144. The summed E-state index contributed by atoms with van der Waals surface area (Å²) in [6, 6.07) is 0. The molecule has 0 aliphatic carbocycles. The molecular weight excluding hydrogens is 172 g/mol. The molecular formula is C9H14O4. The average Bonchev–Trinajstić information content (AvgIpc) is 2.05. The van der Waals surface area contributed by atoms with Crippen molar-refractivity contribution in [3.63, 3.8) is 0 Å². The summed E-state index contributed by atoms with van der Waals surface area (Å²) in [6.45, 7) is 4.29. The van der Waals surface area contributed by atoms with E-state index in [-0.39, 0.29) is 12.2 Å². The lowest BCUT2D eigenvalue weighted by atomic mass is 10.3. The van der Waals surface area contributed by atoms with Gasteiger partial charge in [-0.05, 0) is 13.8 Å². The van der Waals surface area contributed by atoms with Gasteiger partial charge in [0, 0.05) is 6.08 Å². The van der Waals surface area contributed by atoms with Crippen LogP contribution in [-0.2, 0) is 19.1 Å². The van der Waals surface area contributed by atoms with Crippen LogP contribution < -0.4 is 0 Å². The minimum absolute atomic E-state index is 0.225. The van der Waals surface area contributed by atoms with E-state index < -0.39 is 5.97 Å². The van der Waals surface area contributed by atoms with Crippen LogP contribution in [0.1, 0.15) is 20.3 Å². The van der Waals surface area contributed by atoms with Crippen molar-refractivity contribution >= 4 is 11.8 Å². The fourth-order valence-corrected chi connectivity index (χ4v) is 0.633. The van der Waals surface area contributed by atoms with Crippen LogP contribution in [0.4, 0.5) is 0 Å². The molecule has 0 saturated carbocycles. The number of esters is 1. The van der Waals surface area contributed by atoms with E-state index in [0.29, 0.717) is 13.2 Å². The summed E-state index contributed by atoms with van der Waals surface area (Å²) in [5, 5.41) is 0. The maximum absolute atomic E-state index is 10.9. The molecule has 0 amide bonds. The Bertz CT molecular complexity index is 196. The molecule has 0 aromatic rings. The first kappa shape index (κ1) is 11.7. The summed E-state index contributed by atoms with van der Waals surface area (Å²) in [4.78, 5) is 21.7. The highest BCUT2D eigenvalue weighted by Crippen LogP contribution is 1.90. The van der Waals surface area contributed by atoms with E-state index in [0.717, 1.165) is 0 Å². The minimum Gasteiger partial charge on any atom is -0.501 e. The highest BCUT2D eigenvalue weighted by molar-refractivity contribution is 6.01. The van der Waals surface area contributed by atoms with E-state index in [1.54, 1.807) is 13.8 Å². The SMILES string of the molecule is CCO/C=C\C(=O)CC(=O)OCC. The quantitative estimate of drug-likeness (QED) is 0.269. The molecule has 0 heterocycles. The van der Waals surface area contributed by atoms with Gasteiger partial charge in [-0.15, -0.1) is 0 Å². The number of hydrogen-bond acceptors (Lipinski definition) is 4. The lowest BCUT2D eigenvalue weighted by Crippen LogP contribution is -2.09. The van der Waals surface area contributed by atoms with Crippen molar-refractivity contribution in [2.75, 3.05) is 13.2 Å². The summed E-state index contributed by atoms with van der Waals surface area (Å²) in [5.41, 5.74) is 0. The summed E-state index contributed by atoms with van der Waals surface area (Å²) in [6.07, 6.45) is 2.28. The molecule has 0 aromatic carbocycles. The zero-order chi connectivity index (χ0) is 10.1. The van der Waals surface area contributed by atoms with Gasteiger partial charge in [-0.3, -0.25) is 9.59 Å². The van der Waals surface area contributed by atoms with Gasteiger partial charge >= 0.3 is 5.97 Å². The molecule has 0 saturated heterocycles. The number of ether oxygens (including phenoxy) is 2. The fourth-order valence-electron chi connectivity index (χ4n) is 0.633. The molecule has 0 radical (unpaired) electrons. The Kier molecular flexibility index (Phi) is 6.59. The smallest absolute Gasteiger partial charge is 0.313 e. The molecule has 13 heavy (non-hydrogen) atoms. The van der Waals surface area contributed by atoms with E-state index in [1.165, 1.54) is 12.3 Å². The Hall–Kier alpha value is -1.32. The van der Waals surface area contributed by atoms with E-state index in [2.05, 4.69) is 4.74 Å². The predicted molar refractivity (Wildman–Crippen MR) is 47.0 cm³/mol. The Morgan fingerprint density at radius 1 is 1.23 bits per heavy atom. The van der Waals surface area contributed by atoms with Crippen LogP contribution in [0.15, 0.2) is 12.3 Å². The van der Waals surface area contributed by atoms with Crippen LogP contribution in [0.2, 0.25) is 0 Å².